The van der Waals surface area contributed by atoms with Crippen molar-refractivity contribution in [3.63, 3.8) is 0 Å². The third-order valence-corrected chi connectivity index (χ3v) is 4.55. The predicted octanol–water partition coefficient (Wildman–Crippen LogP) is 3.44. The number of rotatable bonds is 6. The minimum absolute atomic E-state index is 0.123. The number of nitro groups is 1. The van der Waals surface area contributed by atoms with E-state index in [9.17, 15) is 10.1 Å². The molecule has 0 unspecified atom stereocenters. The Morgan fingerprint density at radius 3 is 2.62 bits per heavy atom. The minimum Gasteiger partial charge on any atom is -0.495 e. The highest BCUT2D eigenvalue weighted by molar-refractivity contribution is 5.58. The molecule has 0 bridgehead atoms. The van der Waals surface area contributed by atoms with Gasteiger partial charge >= 0.3 is 0 Å². The van der Waals surface area contributed by atoms with Crippen LogP contribution in [0.5, 0.6) is 5.75 Å². The molecule has 1 saturated heterocycles. The van der Waals surface area contributed by atoms with Gasteiger partial charge in [0.05, 0.1) is 17.7 Å². The molecular weight excluding hydrogens is 330 g/mol. The van der Waals surface area contributed by atoms with E-state index in [0.717, 1.165) is 49.7 Å². The molecule has 0 amide bonds. The molecule has 1 heterocycles. The molecule has 0 radical (unpaired) electrons. The van der Waals surface area contributed by atoms with Crippen LogP contribution >= 0.6 is 0 Å². The largest absolute Gasteiger partial charge is 0.495 e. The fourth-order valence-corrected chi connectivity index (χ4v) is 3.14. The lowest BCUT2D eigenvalue weighted by molar-refractivity contribution is -0.384. The predicted molar refractivity (Wildman–Crippen MR) is 104 cm³/mol. The van der Waals surface area contributed by atoms with Gasteiger partial charge in [-0.3, -0.25) is 15.0 Å². The molecule has 136 valence electrons. The van der Waals surface area contributed by atoms with Crippen LogP contribution in [0.25, 0.3) is 6.08 Å². The molecule has 2 aromatic carbocycles. The number of para-hydroxylation sites is 2. The molecule has 0 saturated carbocycles. The number of anilines is 1. The van der Waals surface area contributed by atoms with Crippen LogP contribution < -0.4 is 9.64 Å². The molecule has 2 aromatic rings. The Kier molecular flexibility index (Phi) is 5.86. The van der Waals surface area contributed by atoms with Gasteiger partial charge in [-0.15, -0.1) is 0 Å². The number of non-ortho nitro benzene ring substituents is 1. The molecule has 1 fully saturated rings. The van der Waals surface area contributed by atoms with Crippen LogP contribution in [-0.2, 0) is 0 Å². The van der Waals surface area contributed by atoms with Crippen LogP contribution in [0.2, 0.25) is 0 Å². The Hall–Kier alpha value is -2.86. The van der Waals surface area contributed by atoms with Gasteiger partial charge in [-0.25, -0.2) is 0 Å². The number of hydrogen-bond acceptors (Lipinski definition) is 5. The first-order valence-corrected chi connectivity index (χ1v) is 8.68. The summed E-state index contributed by atoms with van der Waals surface area (Å²) in [4.78, 5) is 15.2. The molecule has 1 aliphatic rings. The van der Waals surface area contributed by atoms with Gasteiger partial charge in [0, 0.05) is 44.9 Å². The molecule has 6 heteroatoms. The van der Waals surface area contributed by atoms with E-state index in [4.69, 9.17) is 4.74 Å². The molecule has 1 aliphatic heterocycles. The van der Waals surface area contributed by atoms with Crippen LogP contribution in [0.4, 0.5) is 11.4 Å². The summed E-state index contributed by atoms with van der Waals surface area (Å²) in [5.74, 6) is 0.909. The second-order valence-electron chi connectivity index (χ2n) is 6.21. The fourth-order valence-electron chi connectivity index (χ4n) is 3.14. The lowest BCUT2D eigenvalue weighted by atomic mass is 10.2. The molecular formula is C20H23N3O3. The van der Waals surface area contributed by atoms with Crippen LogP contribution in [-0.4, -0.2) is 49.7 Å². The van der Waals surface area contributed by atoms with Crippen molar-refractivity contribution >= 4 is 17.5 Å². The van der Waals surface area contributed by atoms with Crippen molar-refractivity contribution in [2.24, 2.45) is 0 Å². The third kappa shape index (κ3) is 4.40. The first-order valence-electron chi connectivity index (χ1n) is 8.68. The van der Waals surface area contributed by atoms with E-state index >= 15 is 0 Å². The molecule has 6 nitrogen and oxygen atoms in total. The lowest BCUT2D eigenvalue weighted by Crippen LogP contribution is -2.46. The summed E-state index contributed by atoms with van der Waals surface area (Å²) in [7, 11) is 1.70. The number of nitro benzene ring substituents is 1. The topological polar surface area (TPSA) is 58.8 Å². The number of nitrogens with zero attached hydrogens (tertiary/aromatic N) is 3. The van der Waals surface area contributed by atoms with Crippen molar-refractivity contribution in [3.05, 3.63) is 70.3 Å². The monoisotopic (exact) mass is 353 g/mol. The molecule has 0 atom stereocenters. The van der Waals surface area contributed by atoms with Crippen LogP contribution in [0.3, 0.4) is 0 Å². The first kappa shape index (κ1) is 17.9. The molecule has 0 spiro atoms. The lowest BCUT2D eigenvalue weighted by Gasteiger charge is -2.36. The zero-order chi connectivity index (χ0) is 18.4. The van der Waals surface area contributed by atoms with E-state index in [2.05, 4.69) is 21.9 Å². The van der Waals surface area contributed by atoms with Gasteiger partial charge in [0.1, 0.15) is 5.75 Å². The maximum absolute atomic E-state index is 10.8. The van der Waals surface area contributed by atoms with Gasteiger partial charge in [-0.2, -0.15) is 0 Å². The Balaban J connectivity index is 1.53. The Bertz CT molecular complexity index is 783. The second-order valence-corrected chi connectivity index (χ2v) is 6.21. The first-order chi connectivity index (χ1) is 12.7. The van der Waals surface area contributed by atoms with Crippen molar-refractivity contribution in [2.75, 3.05) is 44.7 Å². The van der Waals surface area contributed by atoms with Crippen LogP contribution in [0.15, 0.2) is 54.6 Å². The molecule has 0 aliphatic carbocycles. The van der Waals surface area contributed by atoms with Gasteiger partial charge in [-0.05, 0) is 17.7 Å². The van der Waals surface area contributed by atoms with Crippen molar-refractivity contribution < 1.29 is 9.66 Å². The smallest absolute Gasteiger partial charge is 0.270 e. The van der Waals surface area contributed by atoms with Crippen LogP contribution in [0.1, 0.15) is 5.56 Å². The maximum Gasteiger partial charge on any atom is 0.270 e. The average molecular weight is 353 g/mol. The number of methoxy groups -OCH3 is 1. The summed E-state index contributed by atoms with van der Waals surface area (Å²) < 4.78 is 5.45. The normalized spacial score (nSPS) is 15.3. The Morgan fingerprint density at radius 2 is 1.88 bits per heavy atom. The number of piperazine rings is 1. The summed E-state index contributed by atoms with van der Waals surface area (Å²) in [6.45, 7) is 4.67. The van der Waals surface area contributed by atoms with E-state index in [1.807, 2.05) is 30.3 Å². The number of benzene rings is 2. The summed E-state index contributed by atoms with van der Waals surface area (Å²) in [5.41, 5.74) is 2.12. The zero-order valence-electron chi connectivity index (χ0n) is 14.9. The van der Waals surface area contributed by atoms with Crippen molar-refractivity contribution in [1.82, 2.24) is 4.90 Å². The zero-order valence-corrected chi connectivity index (χ0v) is 14.9. The number of hydrogen-bond donors (Lipinski definition) is 0. The second kappa shape index (κ2) is 8.49. The molecule has 3 rings (SSSR count). The summed E-state index contributed by atoms with van der Waals surface area (Å²) in [6.07, 6.45) is 4.01. The quantitative estimate of drug-likeness (QED) is 0.588. The molecule has 0 N–H and O–H groups in total. The fraction of sp³-hybridized carbons (Fsp3) is 0.300. The Labute approximate surface area is 153 Å². The summed E-state index contributed by atoms with van der Waals surface area (Å²) >= 11 is 0. The van der Waals surface area contributed by atoms with Gasteiger partial charge in [0.2, 0.25) is 0 Å². The Morgan fingerprint density at radius 1 is 1.12 bits per heavy atom. The average Bonchev–Trinajstić information content (AvgIpc) is 2.69. The van der Waals surface area contributed by atoms with Crippen molar-refractivity contribution in [2.45, 2.75) is 0 Å². The van der Waals surface area contributed by atoms with Gasteiger partial charge in [0.15, 0.2) is 0 Å². The van der Waals surface area contributed by atoms with Crippen LogP contribution in [0, 0.1) is 10.1 Å². The molecule has 0 aromatic heterocycles. The standard InChI is InChI=1S/C20H23N3O3/c1-26-20-10-3-2-9-19(20)22-14-12-21(13-15-22)11-5-7-17-6-4-8-18(16-17)23(24)25/h2-10,16H,11-15H2,1H3/b7-5+. The van der Waals surface area contributed by atoms with Gasteiger partial charge in [-0.1, -0.05) is 36.4 Å². The molecule has 26 heavy (non-hydrogen) atoms. The summed E-state index contributed by atoms with van der Waals surface area (Å²) in [6, 6.07) is 14.8. The maximum atomic E-state index is 10.8. The van der Waals surface area contributed by atoms with E-state index in [0.29, 0.717) is 0 Å². The SMILES string of the molecule is COc1ccccc1N1CCN(C/C=C/c2cccc([N+](=O)[O-])c2)CC1. The third-order valence-electron chi connectivity index (χ3n) is 4.55. The van der Waals surface area contributed by atoms with E-state index in [1.165, 1.54) is 6.07 Å². The highest BCUT2D eigenvalue weighted by atomic mass is 16.6. The van der Waals surface area contributed by atoms with Crippen molar-refractivity contribution in [3.8, 4) is 5.75 Å². The highest BCUT2D eigenvalue weighted by Gasteiger charge is 2.18. The minimum atomic E-state index is -0.367. The van der Waals surface area contributed by atoms with E-state index < -0.39 is 0 Å². The van der Waals surface area contributed by atoms with Crippen molar-refractivity contribution in [1.29, 1.82) is 0 Å². The van der Waals surface area contributed by atoms with E-state index in [1.54, 1.807) is 19.2 Å². The van der Waals surface area contributed by atoms with Gasteiger partial charge in [0.25, 0.3) is 5.69 Å². The van der Waals surface area contributed by atoms with E-state index in [-0.39, 0.29) is 10.6 Å². The highest BCUT2D eigenvalue weighted by Crippen LogP contribution is 2.28. The van der Waals surface area contributed by atoms with Gasteiger partial charge < -0.3 is 9.64 Å². The number of ether oxygens (including phenoxy) is 1. The summed E-state index contributed by atoms with van der Waals surface area (Å²) in [5, 5.41) is 10.8.